The highest BCUT2D eigenvalue weighted by Gasteiger charge is 2.36. The van der Waals surface area contributed by atoms with Gasteiger partial charge in [0.05, 0.1) is 55.5 Å². The maximum atomic E-state index is 14.3. The van der Waals surface area contributed by atoms with Gasteiger partial charge in [-0.15, -0.1) is 0 Å². The fourth-order valence-corrected chi connectivity index (χ4v) is 5.54. The molecule has 1 N–H and O–H groups in total. The highest BCUT2D eigenvalue weighted by Crippen LogP contribution is 2.31. The summed E-state index contributed by atoms with van der Waals surface area (Å²) in [6.45, 7) is 0.348. The number of para-hydroxylation sites is 2. The Hall–Kier alpha value is -3.17. The molecule has 0 radical (unpaired) electrons. The van der Waals surface area contributed by atoms with Gasteiger partial charge < -0.3 is 24.1 Å². The predicted octanol–water partition coefficient (Wildman–Crippen LogP) is 5.45. The van der Waals surface area contributed by atoms with Gasteiger partial charge in [-0.1, -0.05) is 29.8 Å². The number of halogens is 2. The van der Waals surface area contributed by atoms with Crippen molar-refractivity contribution in [3.05, 3.63) is 53.1 Å². The number of carbonyl (C=O) groups is 2. The minimum absolute atomic E-state index is 0.00612. The summed E-state index contributed by atoms with van der Waals surface area (Å²) in [4.78, 5) is 30.8. The molecule has 1 saturated heterocycles. The Morgan fingerprint density at radius 2 is 1.97 bits per heavy atom. The first-order chi connectivity index (χ1) is 18.4. The Kier molecular flexibility index (Phi) is 8.14. The lowest BCUT2D eigenvalue weighted by Crippen LogP contribution is -2.40. The van der Waals surface area contributed by atoms with E-state index in [1.165, 1.54) is 7.11 Å². The number of fused-ring (bicyclic) bond motifs is 1. The van der Waals surface area contributed by atoms with Crippen molar-refractivity contribution < 1.29 is 27.9 Å². The van der Waals surface area contributed by atoms with E-state index in [1.54, 1.807) is 17.0 Å². The smallest absolute Gasteiger partial charge is 0.308 e. The lowest BCUT2D eigenvalue weighted by Gasteiger charge is -2.30. The van der Waals surface area contributed by atoms with Gasteiger partial charge in [-0.2, -0.15) is 4.98 Å². The van der Waals surface area contributed by atoms with E-state index in [4.69, 9.17) is 25.5 Å². The summed E-state index contributed by atoms with van der Waals surface area (Å²) in [7, 11) is 1.41. The van der Waals surface area contributed by atoms with Crippen LogP contribution < -0.4 is 5.32 Å². The molecule has 0 bridgehead atoms. The van der Waals surface area contributed by atoms with Crippen LogP contribution in [0.15, 0.2) is 46.9 Å². The number of nitrogens with zero attached hydrogens (tertiary/aromatic N) is 2. The van der Waals surface area contributed by atoms with Crippen LogP contribution in [0.5, 0.6) is 0 Å². The van der Waals surface area contributed by atoms with E-state index in [1.807, 2.05) is 30.3 Å². The Morgan fingerprint density at radius 3 is 2.71 bits per heavy atom. The standard InChI is InChI=1S/C28H31ClFN3O5/c1-36-27(35)18-7-9-21(10-8-18)37-16-20-14-19(30)15-33(20)26(34)13-17-6-11-23(22(29)12-17)31-28-32-24-4-2-3-5-25(24)38-28/h2-6,11-12,18-21H,7-10,13-16H2,1H3,(H,31,32)/t18?,19-,20-,21?/m0/s1. The molecule has 1 aliphatic carbocycles. The Labute approximate surface area is 225 Å². The number of esters is 1. The maximum absolute atomic E-state index is 14.3. The summed E-state index contributed by atoms with van der Waals surface area (Å²) >= 11 is 6.48. The van der Waals surface area contributed by atoms with E-state index in [-0.39, 0.29) is 55.9 Å². The third kappa shape index (κ3) is 6.10. The molecule has 8 nitrogen and oxygen atoms in total. The first kappa shape index (κ1) is 26.4. The summed E-state index contributed by atoms with van der Waals surface area (Å²) in [6.07, 6.45) is 2.24. The van der Waals surface area contributed by atoms with Crippen molar-refractivity contribution in [1.82, 2.24) is 9.88 Å². The zero-order valence-corrected chi connectivity index (χ0v) is 22.0. The number of oxazole rings is 1. The van der Waals surface area contributed by atoms with Gasteiger partial charge in [0.15, 0.2) is 5.58 Å². The summed E-state index contributed by atoms with van der Waals surface area (Å²) in [6, 6.07) is 12.8. The monoisotopic (exact) mass is 543 g/mol. The van der Waals surface area contributed by atoms with Crippen LogP contribution in [-0.2, 0) is 25.5 Å². The highest BCUT2D eigenvalue weighted by atomic mass is 35.5. The number of hydrogen-bond acceptors (Lipinski definition) is 7. The number of amides is 1. The number of alkyl halides is 1. The fourth-order valence-electron chi connectivity index (χ4n) is 5.29. The molecular weight excluding hydrogens is 513 g/mol. The van der Waals surface area contributed by atoms with Crippen LogP contribution in [-0.4, -0.2) is 60.3 Å². The number of benzene rings is 2. The van der Waals surface area contributed by atoms with Crippen molar-refractivity contribution in [1.29, 1.82) is 0 Å². The number of ether oxygens (including phenoxy) is 2. The second kappa shape index (κ2) is 11.7. The van der Waals surface area contributed by atoms with Gasteiger partial charge in [0, 0.05) is 6.42 Å². The molecule has 0 spiro atoms. The van der Waals surface area contributed by atoms with E-state index >= 15 is 0 Å². The minimum Gasteiger partial charge on any atom is -0.469 e. The van der Waals surface area contributed by atoms with Gasteiger partial charge in [0.2, 0.25) is 5.91 Å². The molecular formula is C28H31ClFN3O5. The summed E-state index contributed by atoms with van der Waals surface area (Å²) < 4.78 is 30.9. The van der Waals surface area contributed by atoms with Crippen LogP contribution in [0.3, 0.4) is 0 Å². The van der Waals surface area contributed by atoms with Crippen LogP contribution in [0, 0.1) is 5.92 Å². The summed E-state index contributed by atoms with van der Waals surface area (Å²) in [5.41, 5.74) is 2.73. The first-order valence-corrected chi connectivity index (χ1v) is 13.3. The van der Waals surface area contributed by atoms with E-state index in [9.17, 15) is 14.0 Å². The van der Waals surface area contributed by atoms with Gasteiger partial charge in [-0.3, -0.25) is 9.59 Å². The van der Waals surface area contributed by atoms with Crippen molar-refractivity contribution in [3.8, 4) is 0 Å². The largest absolute Gasteiger partial charge is 0.469 e. The molecule has 2 heterocycles. The van der Waals surface area contributed by atoms with Gasteiger partial charge in [-0.25, -0.2) is 4.39 Å². The SMILES string of the molecule is COC(=O)C1CCC(OC[C@@H]2C[C@H](F)CN2C(=O)Cc2ccc(Nc3nc4ccccc4o3)c(Cl)c2)CC1. The predicted molar refractivity (Wildman–Crippen MR) is 141 cm³/mol. The van der Waals surface area contributed by atoms with Crippen LogP contribution in [0.25, 0.3) is 11.1 Å². The molecule has 1 aromatic heterocycles. The maximum Gasteiger partial charge on any atom is 0.308 e. The van der Waals surface area contributed by atoms with Gasteiger partial charge in [-0.05, 0) is 55.5 Å². The van der Waals surface area contributed by atoms with Gasteiger partial charge in [0.1, 0.15) is 11.7 Å². The molecule has 5 rings (SSSR count). The number of nitrogens with one attached hydrogen (secondary N) is 1. The first-order valence-electron chi connectivity index (χ1n) is 12.9. The molecule has 202 valence electrons. The summed E-state index contributed by atoms with van der Waals surface area (Å²) in [5.74, 6) is -0.418. The molecule has 1 saturated carbocycles. The third-order valence-electron chi connectivity index (χ3n) is 7.34. The van der Waals surface area contributed by atoms with E-state index in [2.05, 4.69) is 10.3 Å². The quantitative estimate of drug-likeness (QED) is 0.377. The lowest BCUT2D eigenvalue weighted by molar-refractivity contribution is -0.148. The van der Waals surface area contributed by atoms with Crippen LogP contribution >= 0.6 is 11.6 Å². The van der Waals surface area contributed by atoms with Crippen molar-refractivity contribution >= 4 is 46.3 Å². The number of likely N-dealkylation sites (tertiary alicyclic amines) is 1. The molecule has 2 aliphatic rings. The second-order valence-electron chi connectivity index (χ2n) is 9.97. The summed E-state index contributed by atoms with van der Waals surface area (Å²) in [5, 5.41) is 3.49. The molecule has 3 aromatic rings. The molecule has 2 atom stereocenters. The van der Waals surface area contributed by atoms with Crippen molar-refractivity contribution in [2.45, 2.75) is 56.8 Å². The molecule has 1 amide bonds. The minimum atomic E-state index is -1.07. The van der Waals surface area contributed by atoms with E-state index < -0.39 is 6.17 Å². The zero-order chi connectivity index (χ0) is 26.6. The molecule has 0 unspecified atom stereocenters. The normalized spacial score (nSPS) is 23.5. The second-order valence-corrected chi connectivity index (χ2v) is 10.4. The van der Waals surface area contributed by atoms with Crippen molar-refractivity contribution in [3.63, 3.8) is 0 Å². The topological polar surface area (TPSA) is 93.9 Å². The third-order valence-corrected chi connectivity index (χ3v) is 7.65. The molecule has 2 aromatic carbocycles. The van der Waals surface area contributed by atoms with E-state index in [0.29, 0.717) is 35.1 Å². The van der Waals surface area contributed by atoms with Crippen LogP contribution in [0.2, 0.25) is 5.02 Å². The highest BCUT2D eigenvalue weighted by molar-refractivity contribution is 6.33. The number of rotatable bonds is 8. The van der Waals surface area contributed by atoms with Crippen LogP contribution in [0.4, 0.5) is 16.1 Å². The number of hydrogen-bond donors (Lipinski definition) is 1. The Balaban J connectivity index is 1.15. The average Bonchev–Trinajstić information content (AvgIpc) is 3.51. The molecule has 1 aliphatic heterocycles. The molecule has 10 heteroatoms. The number of aromatic nitrogens is 1. The number of methoxy groups -OCH3 is 1. The van der Waals surface area contributed by atoms with E-state index in [0.717, 1.165) is 23.9 Å². The lowest BCUT2D eigenvalue weighted by atomic mass is 9.87. The van der Waals surface area contributed by atoms with Crippen LogP contribution in [0.1, 0.15) is 37.7 Å². The van der Waals surface area contributed by atoms with Crippen molar-refractivity contribution in [2.24, 2.45) is 5.92 Å². The molecule has 38 heavy (non-hydrogen) atoms. The van der Waals surface area contributed by atoms with Gasteiger partial charge >= 0.3 is 5.97 Å². The Morgan fingerprint density at radius 1 is 1.18 bits per heavy atom. The zero-order valence-electron chi connectivity index (χ0n) is 21.2. The fraction of sp³-hybridized carbons (Fsp3) is 0.464. The number of carbonyl (C=O) groups excluding carboxylic acids is 2. The Bertz CT molecular complexity index is 1260. The number of anilines is 2. The average molecular weight is 544 g/mol. The van der Waals surface area contributed by atoms with Gasteiger partial charge in [0.25, 0.3) is 6.01 Å². The van der Waals surface area contributed by atoms with Crippen molar-refractivity contribution in [2.75, 3.05) is 25.6 Å². The molecule has 2 fully saturated rings.